The number of rotatable bonds is 9. The van der Waals surface area contributed by atoms with E-state index < -0.39 is 0 Å². The predicted octanol–water partition coefficient (Wildman–Crippen LogP) is 2.99. The van der Waals surface area contributed by atoms with Gasteiger partial charge in [0.25, 0.3) is 0 Å². The molecule has 3 heteroatoms. The Hall–Kier alpha value is -1.06. The summed E-state index contributed by atoms with van der Waals surface area (Å²) in [5, 5.41) is 3.30. The molecule has 0 fully saturated rings. The first-order valence-corrected chi connectivity index (χ1v) is 6.80. The molecule has 0 bridgehead atoms. The Balaban J connectivity index is 2.29. The smallest absolute Gasteiger partial charge is 0.119 e. The van der Waals surface area contributed by atoms with Crippen molar-refractivity contribution in [3.05, 3.63) is 29.8 Å². The van der Waals surface area contributed by atoms with Crippen LogP contribution in [0, 0.1) is 0 Å². The average molecular weight is 251 g/mol. The molecule has 0 aromatic heterocycles. The lowest BCUT2D eigenvalue weighted by Gasteiger charge is -2.12. The van der Waals surface area contributed by atoms with Crippen LogP contribution >= 0.6 is 0 Å². The van der Waals surface area contributed by atoms with Crippen LogP contribution in [0.3, 0.4) is 0 Å². The van der Waals surface area contributed by atoms with E-state index in [0.717, 1.165) is 25.3 Å². The van der Waals surface area contributed by atoms with Gasteiger partial charge in [0.15, 0.2) is 0 Å². The van der Waals surface area contributed by atoms with Crippen LogP contribution in [0.4, 0.5) is 0 Å². The number of hydrogen-bond donors (Lipinski definition) is 1. The highest BCUT2D eigenvalue weighted by Crippen LogP contribution is 2.13. The monoisotopic (exact) mass is 251 g/mol. The van der Waals surface area contributed by atoms with Gasteiger partial charge in [-0.25, -0.2) is 0 Å². The topological polar surface area (TPSA) is 30.5 Å². The molecule has 0 heterocycles. The largest absolute Gasteiger partial charge is 0.491 e. The van der Waals surface area contributed by atoms with Crippen molar-refractivity contribution in [1.82, 2.24) is 5.32 Å². The molecule has 1 rings (SSSR count). The first-order valence-electron chi connectivity index (χ1n) is 6.80. The third-order valence-corrected chi connectivity index (χ3v) is 2.81. The molecule has 0 aliphatic carbocycles. The van der Waals surface area contributed by atoms with E-state index in [9.17, 15) is 0 Å². The van der Waals surface area contributed by atoms with Crippen molar-refractivity contribution in [2.45, 2.75) is 39.8 Å². The zero-order valence-electron chi connectivity index (χ0n) is 11.7. The number of ether oxygens (including phenoxy) is 2. The van der Waals surface area contributed by atoms with Crippen LogP contribution in [0.5, 0.6) is 5.75 Å². The maximum absolute atomic E-state index is 5.67. The van der Waals surface area contributed by atoms with E-state index in [1.807, 2.05) is 12.1 Å². The summed E-state index contributed by atoms with van der Waals surface area (Å²) in [4.78, 5) is 0. The van der Waals surface area contributed by atoms with Crippen LogP contribution in [0.25, 0.3) is 0 Å². The first kappa shape index (κ1) is 15.0. The molecule has 1 atom stereocenters. The summed E-state index contributed by atoms with van der Waals surface area (Å²) in [6.45, 7) is 9.42. The lowest BCUT2D eigenvalue weighted by molar-refractivity contribution is 0.0426. The second-order valence-corrected chi connectivity index (χ2v) is 4.37. The van der Waals surface area contributed by atoms with E-state index >= 15 is 0 Å². The van der Waals surface area contributed by atoms with E-state index in [-0.39, 0.29) is 0 Å². The van der Waals surface area contributed by atoms with Crippen molar-refractivity contribution in [1.29, 1.82) is 0 Å². The van der Waals surface area contributed by atoms with E-state index in [4.69, 9.17) is 9.47 Å². The molecular formula is C15H25NO2. The van der Waals surface area contributed by atoms with Crippen LogP contribution in [-0.2, 0) is 11.3 Å². The molecule has 3 nitrogen and oxygen atoms in total. The van der Waals surface area contributed by atoms with Gasteiger partial charge in [-0.1, -0.05) is 26.0 Å². The van der Waals surface area contributed by atoms with Gasteiger partial charge in [-0.15, -0.1) is 0 Å². The second-order valence-electron chi connectivity index (χ2n) is 4.37. The van der Waals surface area contributed by atoms with Gasteiger partial charge in [0.2, 0.25) is 0 Å². The first-order chi connectivity index (χ1) is 8.76. The van der Waals surface area contributed by atoms with Crippen LogP contribution in [-0.4, -0.2) is 25.9 Å². The van der Waals surface area contributed by atoms with Crippen LogP contribution < -0.4 is 10.1 Å². The number of hydrogen-bond acceptors (Lipinski definition) is 3. The van der Waals surface area contributed by atoms with Crippen LogP contribution in [0.1, 0.15) is 32.8 Å². The summed E-state index contributed by atoms with van der Waals surface area (Å²) in [5.41, 5.74) is 1.25. The van der Waals surface area contributed by atoms with E-state index in [0.29, 0.717) is 19.3 Å². The molecule has 18 heavy (non-hydrogen) atoms. The van der Waals surface area contributed by atoms with Crippen molar-refractivity contribution in [2.24, 2.45) is 0 Å². The Bertz CT molecular complexity index is 328. The van der Waals surface area contributed by atoms with E-state index in [2.05, 4.69) is 38.2 Å². The molecule has 1 unspecified atom stereocenters. The minimum atomic E-state index is 0.314. The van der Waals surface area contributed by atoms with E-state index in [1.54, 1.807) is 0 Å². The molecule has 0 amide bonds. The van der Waals surface area contributed by atoms with Gasteiger partial charge in [0.05, 0.1) is 12.7 Å². The van der Waals surface area contributed by atoms with Crippen molar-refractivity contribution >= 4 is 0 Å². The standard InChI is InChI=1S/C15H25NO2/c1-4-13(3)17-9-10-18-15-8-6-7-14(11-15)12-16-5-2/h6-8,11,13,16H,4-5,9-10,12H2,1-3H3. The second kappa shape index (κ2) is 8.95. The fourth-order valence-corrected chi connectivity index (χ4v) is 1.54. The van der Waals surface area contributed by atoms with Gasteiger partial charge in [-0.3, -0.25) is 0 Å². The Morgan fingerprint density at radius 1 is 1.22 bits per heavy atom. The summed E-state index contributed by atoms with van der Waals surface area (Å²) in [5.74, 6) is 0.915. The highest BCUT2D eigenvalue weighted by molar-refractivity contribution is 5.28. The van der Waals surface area contributed by atoms with Gasteiger partial charge in [0.1, 0.15) is 12.4 Å². The summed E-state index contributed by atoms with van der Waals surface area (Å²) >= 11 is 0. The Labute approximate surface area is 110 Å². The molecule has 1 aromatic carbocycles. The average Bonchev–Trinajstić information content (AvgIpc) is 2.41. The zero-order chi connectivity index (χ0) is 13.2. The fourth-order valence-electron chi connectivity index (χ4n) is 1.54. The van der Waals surface area contributed by atoms with Gasteiger partial charge in [0, 0.05) is 6.54 Å². The maximum atomic E-state index is 5.67. The van der Waals surface area contributed by atoms with E-state index in [1.165, 1.54) is 5.56 Å². The summed E-state index contributed by atoms with van der Waals surface area (Å²) < 4.78 is 11.2. The van der Waals surface area contributed by atoms with Gasteiger partial charge < -0.3 is 14.8 Å². The van der Waals surface area contributed by atoms with Crippen molar-refractivity contribution < 1.29 is 9.47 Å². The lowest BCUT2D eigenvalue weighted by Crippen LogP contribution is -2.14. The normalized spacial score (nSPS) is 12.4. The molecule has 1 aromatic rings. The Morgan fingerprint density at radius 3 is 2.78 bits per heavy atom. The highest BCUT2D eigenvalue weighted by Gasteiger charge is 1.99. The van der Waals surface area contributed by atoms with Gasteiger partial charge >= 0.3 is 0 Å². The van der Waals surface area contributed by atoms with Gasteiger partial charge in [-0.05, 0) is 37.6 Å². The molecule has 0 aliphatic heterocycles. The minimum absolute atomic E-state index is 0.314. The summed E-state index contributed by atoms with van der Waals surface area (Å²) in [7, 11) is 0. The SMILES string of the molecule is CCNCc1cccc(OCCOC(C)CC)c1. The van der Waals surface area contributed by atoms with Crippen LogP contribution in [0.2, 0.25) is 0 Å². The number of benzene rings is 1. The third-order valence-electron chi connectivity index (χ3n) is 2.81. The third kappa shape index (κ3) is 6.03. The molecule has 102 valence electrons. The molecule has 1 N–H and O–H groups in total. The Kier molecular flexibility index (Phi) is 7.46. The predicted molar refractivity (Wildman–Crippen MR) is 75.0 cm³/mol. The van der Waals surface area contributed by atoms with Gasteiger partial charge in [-0.2, -0.15) is 0 Å². The highest BCUT2D eigenvalue weighted by atomic mass is 16.5. The summed E-state index contributed by atoms with van der Waals surface area (Å²) in [6, 6.07) is 8.19. The molecule has 0 spiro atoms. The zero-order valence-corrected chi connectivity index (χ0v) is 11.7. The fraction of sp³-hybridized carbons (Fsp3) is 0.600. The van der Waals surface area contributed by atoms with Crippen LogP contribution in [0.15, 0.2) is 24.3 Å². The lowest BCUT2D eigenvalue weighted by atomic mass is 10.2. The molecule has 0 radical (unpaired) electrons. The summed E-state index contributed by atoms with van der Waals surface area (Å²) in [6.07, 6.45) is 1.35. The number of nitrogens with one attached hydrogen (secondary N) is 1. The van der Waals surface area contributed by atoms with Crippen molar-refractivity contribution in [3.63, 3.8) is 0 Å². The maximum Gasteiger partial charge on any atom is 0.119 e. The molecule has 0 aliphatic rings. The Morgan fingerprint density at radius 2 is 2.06 bits per heavy atom. The molecular weight excluding hydrogens is 226 g/mol. The minimum Gasteiger partial charge on any atom is -0.491 e. The molecule has 0 saturated heterocycles. The van der Waals surface area contributed by atoms with Crippen molar-refractivity contribution in [3.8, 4) is 5.75 Å². The van der Waals surface area contributed by atoms with Crippen molar-refractivity contribution in [2.75, 3.05) is 19.8 Å². The molecule has 0 saturated carbocycles. The quantitative estimate of drug-likeness (QED) is 0.684.